The number of hydrogen-bond donors (Lipinski definition) is 2. The minimum atomic E-state index is -0.436. The molecular weight excluding hydrogens is 428 g/mol. The molecule has 7 nitrogen and oxygen atoms in total. The van der Waals surface area contributed by atoms with E-state index in [1.807, 2.05) is 22.6 Å². The molecule has 0 fully saturated rings. The monoisotopic (exact) mass is 443 g/mol. The molecule has 3 rings (SSSR count). The third kappa shape index (κ3) is 3.51. The maximum atomic E-state index is 14.1. The predicted molar refractivity (Wildman–Crippen MR) is 94.6 cm³/mol. The summed E-state index contributed by atoms with van der Waals surface area (Å²) in [6.07, 6.45) is 4.90. The molecule has 24 heavy (non-hydrogen) atoms. The fourth-order valence-electron chi connectivity index (χ4n) is 2.22. The topological polar surface area (TPSA) is 71.4 Å². The largest absolute Gasteiger partial charge is 0.306 e. The number of benzene rings is 1. The van der Waals surface area contributed by atoms with E-state index >= 15 is 0 Å². The summed E-state index contributed by atoms with van der Waals surface area (Å²) in [4.78, 5) is 21.3. The minimum Gasteiger partial charge on any atom is -0.306 e. The van der Waals surface area contributed by atoms with Crippen LogP contribution in [-0.4, -0.2) is 27.1 Å². The molecule has 2 heterocycles. The molecule has 1 aliphatic rings. The van der Waals surface area contributed by atoms with Gasteiger partial charge in [-0.3, -0.25) is 20.1 Å². The van der Waals surface area contributed by atoms with Crippen molar-refractivity contribution in [2.24, 2.45) is 0 Å². The third-order valence-electron chi connectivity index (χ3n) is 3.35. The number of carbonyl (C=O) groups excluding carboxylic acids is 1. The summed E-state index contributed by atoms with van der Waals surface area (Å²) in [7, 11) is 0. The highest BCUT2D eigenvalue weighted by Gasteiger charge is 2.25. The van der Waals surface area contributed by atoms with Gasteiger partial charge in [0.25, 0.3) is 5.91 Å². The first kappa shape index (κ1) is 16.7. The zero-order valence-corrected chi connectivity index (χ0v) is 14.9. The number of rotatable bonds is 5. The van der Waals surface area contributed by atoms with Crippen molar-refractivity contribution in [1.29, 1.82) is 0 Å². The number of hydrogen-bond acceptors (Lipinski definition) is 5. The van der Waals surface area contributed by atoms with Crippen LogP contribution < -0.4 is 10.9 Å². The lowest BCUT2D eigenvalue weighted by molar-refractivity contribution is -0.130. The summed E-state index contributed by atoms with van der Waals surface area (Å²) in [5.74, 6) is -0.833. The van der Waals surface area contributed by atoms with Crippen molar-refractivity contribution in [2.75, 3.05) is 12.0 Å². The van der Waals surface area contributed by atoms with Gasteiger partial charge in [0.2, 0.25) is 0 Å². The predicted octanol–water partition coefficient (Wildman–Crippen LogP) is 2.34. The fourth-order valence-corrected chi connectivity index (χ4v) is 2.67. The van der Waals surface area contributed by atoms with Gasteiger partial charge in [-0.05, 0) is 47.7 Å². The number of hydroxylamine groups is 1. The van der Waals surface area contributed by atoms with E-state index in [-0.39, 0.29) is 11.4 Å². The molecule has 0 atom stereocenters. The number of fused-ring (bicyclic) bond motifs is 1. The van der Waals surface area contributed by atoms with Crippen LogP contribution in [-0.2, 0) is 16.2 Å². The average molecular weight is 443 g/mol. The summed E-state index contributed by atoms with van der Waals surface area (Å²) in [5.41, 5.74) is 6.71. The minimum absolute atomic E-state index is 0.276. The molecule has 1 aromatic heterocycles. The lowest BCUT2D eigenvalue weighted by Crippen LogP contribution is -2.40. The van der Waals surface area contributed by atoms with Crippen LogP contribution in [0.4, 0.5) is 10.1 Å². The standard InChI is InChI=1S/C15H15FIN5O2/c1-2-24-20-15(23)14-8-21-9-18-6-11(21)7-22(14)19-13-4-3-10(17)5-12(13)16/h3-6,8-9,19H,2,7H2,1H3,(H,20,23). The SMILES string of the molecule is CCONC(=O)C1=Cn2cncc2CN1Nc1ccc(I)cc1F. The Bertz CT molecular complexity index is 792. The third-order valence-corrected chi connectivity index (χ3v) is 4.02. The second-order valence-electron chi connectivity index (χ2n) is 4.99. The fraction of sp³-hybridized carbons (Fsp3) is 0.200. The molecule has 0 unspecified atom stereocenters. The maximum absolute atomic E-state index is 14.1. The van der Waals surface area contributed by atoms with E-state index in [0.717, 1.165) is 9.26 Å². The zero-order valence-electron chi connectivity index (χ0n) is 12.8. The van der Waals surface area contributed by atoms with Gasteiger partial charge in [-0.15, -0.1) is 0 Å². The Labute approximate surface area is 151 Å². The van der Waals surface area contributed by atoms with Gasteiger partial charge in [0, 0.05) is 9.77 Å². The van der Waals surface area contributed by atoms with E-state index in [0.29, 0.717) is 13.2 Å². The molecule has 126 valence electrons. The molecule has 2 N–H and O–H groups in total. The maximum Gasteiger partial charge on any atom is 0.294 e. The molecule has 1 aliphatic heterocycles. The van der Waals surface area contributed by atoms with Crippen molar-refractivity contribution in [1.82, 2.24) is 20.0 Å². The molecule has 1 aromatic carbocycles. The molecule has 0 spiro atoms. The van der Waals surface area contributed by atoms with Crippen LogP contribution in [0.5, 0.6) is 0 Å². The highest BCUT2D eigenvalue weighted by atomic mass is 127. The van der Waals surface area contributed by atoms with Crippen LogP contribution in [0, 0.1) is 9.39 Å². The summed E-state index contributed by atoms with van der Waals surface area (Å²) < 4.78 is 16.6. The zero-order chi connectivity index (χ0) is 17.1. The molecule has 1 amide bonds. The molecular formula is C15H15FIN5O2. The van der Waals surface area contributed by atoms with Crippen LogP contribution >= 0.6 is 22.6 Å². The number of nitrogens with zero attached hydrogens (tertiary/aromatic N) is 3. The van der Waals surface area contributed by atoms with Gasteiger partial charge >= 0.3 is 0 Å². The molecule has 0 radical (unpaired) electrons. The highest BCUT2D eigenvalue weighted by molar-refractivity contribution is 14.1. The average Bonchev–Trinajstić information content (AvgIpc) is 3.01. The van der Waals surface area contributed by atoms with Gasteiger partial charge in [-0.1, -0.05) is 0 Å². The molecule has 0 aliphatic carbocycles. The number of carbonyl (C=O) groups is 1. The van der Waals surface area contributed by atoms with Crippen molar-refractivity contribution >= 4 is 40.4 Å². The Hall–Kier alpha value is -2.14. The van der Waals surface area contributed by atoms with Crippen LogP contribution in [0.2, 0.25) is 0 Å². The Kier molecular flexibility index (Phi) is 5.00. The van der Waals surface area contributed by atoms with Crippen molar-refractivity contribution in [3.05, 3.63) is 51.5 Å². The smallest absolute Gasteiger partial charge is 0.294 e. The van der Waals surface area contributed by atoms with Crippen LogP contribution in [0.25, 0.3) is 6.20 Å². The van der Waals surface area contributed by atoms with Gasteiger partial charge in [-0.2, -0.15) is 0 Å². The number of amides is 1. The second-order valence-corrected chi connectivity index (χ2v) is 6.24. The Balaban J connectivity index is 1.88. The molecule has 2 aromatic rings. The van der Waals surface area contributed by atoms with Crippen LogP contribution in [0.15, 0.2) is 36.4 Å². The van der Waals surface area contributed by atoms with Gasteiger partial charge in [0.15, 0.2) is 0 Å². The molecule has 9 heteroatoms. The van der Waals surface area contributed by atoms with Crippen LogP contribution in [0.3, 0.4) is 0 Å². The Morgan fingerprint density at radius 1 is 1.50 bits per heavy atom. The normalized spacial score (nSPS) is 13.3. The Morgan fingerprint density at radius 2 is 2.33 bits per heavy atom. The van der Waals surface area contributed by atoms with Gasteiger partial charge in [0.1, 0.15) is 11.5 Å². The van der Waals surface area contributed by atoms with E-state index < -0.39 is 11.7 Å². The van der Waals surface area contributed by atoms with E-state index in [2.05, 4.69) is 15.9 Å². The van der Waals surface area contributed by atoms with Crippen LogP contribution in [0.1, 0.15) is 12.6 Å². The second kappa shape index (κ2) is 7.18. The van der Waals surface area contributed by atoms with Crippen molar-refractivity contribution in [2.45, 2.75) is 13.5 Å². The van der Waals surface area contributed by atoms with Gasteiger partial charge in [-0.25, -0.2) is 14.9 Å². The van der Waals surface area contributed by atoms with Gasteiger partial charge in [0.05, 0.1) is 37.1 Å². The Morgan fingerprint density at radius 3 is 3.08 bits per heavy atom. The first-order valence-corrected chi connectivity index (χ1v) is 8.30. The molecule has 0 saturated carbocycles. The first-order valence-electron chi connectivity index (χ1n) is 7.22. The number of imidazole rings is 1. The number of halogens is 2. The first-order chi connectivity index (χ1) is 11.6. The van der Waals surface area contributed by atoms with E-state index in [1.165, 1.54) is 6.07 Å². The highest BCUT2D eigenvalue weighted by Crippen LogP contribution is 2.23. The lowest BCUT2D eigenvalue weighted by Gasteiger charge is -2.31. The number of hydrazine groups is 1. The summed E-state index contributed by atoms with van der Waals surface area (Å²) >= 11 is 2.04. The van der Waals surface area contributed by atoms with Gasteiger partial charge < -0.3 is 4.57 Å². The van der Waals surface area contributed by atoms with Crippen molar-refractivity contribution in [3.63, 3.8) is 0 Å². The van der Waals surface area contributed by atoms with E-state index in [9.17, 15) is 9.18 Å². The van der Waals surface area contributed by atoms with E-state index in [4.69, 9.17) is 4.84 Å². The van der Waals surface area contributed by atoms with Crippen molar-refractivity contribution < 1.29 is 14.0 Å². The van der Waals surface area contributed by atoms with Crippen molar-refractivity contribution in [3.8, 4) is 0 Å². The number of aromatic nitrogens is 2. The molecule has 0 bridgehead atoms. The summed E-state index contributed by atoms with van der Waals surface area (Å²) in [6.45, 7) is 2.45. The lowest BCUT2D eigenvalue weighted by atomic mass is 10.3. The summed E-state index contributed by atoms with van der Waals surface area (Å²) in [5, 5.41) is 1.55. The number of anilines is 1. The summed E-state index contributed by atoms with van der Waals surface area (Å²) in [6, 6.07) is 4.83. The quantitative estimate of drug-likeness (QED) is 0.549. The van der Waals surface area contributed by atoms with E-state index in [1.54, 1.807) is 47.4 Å². The molecule has 0 saturated heterocycles. The number of nitrogens with one attached hydrogen (secondary N) is 2.